The van der Waals surface area contributed by atoms with Gasteiger partial charge in [0.2, 0.25) is 0 Å². The largest absolute Gasteiger partial charge is 0.378 e. The lowest BCUT2D eigenvalue weighted by atomic mass is 9.97. The molecule has 2 aromatic carbocycles. The van der Waals surface area contributed by atoms with E-state index in [4.69, 9.17) is 0 Å². The Balaban J connectivity index is 1.90. The summed E-state index contributed by atoms with van der Waals surface area (Å²) in [5.41, 5.74) is 4.05. The highest BCUT2D eigenvalue weighted by Gasteiger charge is 2.24. The van der Waals surface area contributed by atoms with Crippen molar-refractivity contribution in [2.45, 2.75) is 32.2 Å². The number of nitrogens with one attached hydrogen (secondary N) is 1. The second-order valence-electron chi connectivity index (χ2n) is 5.64. The fourth-order valence-corrected chi connectivity index (χ4v) is 2.71. The van der Waals surface area contributed by atoms with E-state index in [9.17, 15) is 8.78 Å². The minimum atomic E-state index is -0.538. The maximum atomic E-state index is 13.9. The van der Waals surface area contributed by atoms with Crippen molar-refractivity contribution in [3.63, 3.8) is 0 Å². The zero-order valence-electron chi connectivity index (χ0n) is 11.6. The number of hydrogen-bond donors (Lipinski definition) is 1. The minimum absolute atomic E-state index is 0.118. The Morgan fingerprint density at radius 2 is 1.90 bits per heavy atom. The predicted molar refractivity (Wildman–Crippen MR) is 77.0 cm³/mol. The van der Waals surface area contributed by atoms with Gasteiger partial charge in [-0.25, -0.2) is 8.78 Å². The van der Waals surface area contributed by atoms with Crippen molar-refractivity contribution in [3.8, 4) is 0 Å². The SMILES string of the molecule is CC(C)c1ccc2c(c1)CC(c1ccc(F)cc1F)N2. The van der Waals surface area contributed by atoms with Gasteiger partial charge in [-0.15, -0.1) is 0 Å². The Morgan fingerprint density at radius 3 is 2.60 bits per heavy atom. The summed E-state index contributed by atoms with van der Waals surface area (Å²) in [4.78, 5) is 0. The van der Waals surface area contributed by atoms with E-state index in [2.05, 4.69) is 31.3 Å². The van der Waals surface area contributed by atoms with Crippen molar-refractivity contribution in [1.82, 2.24) is 0 Å². The van der Waals surface area contributed by atoms with E-state index in [0.29, 0.717) is 11.5 Å². The molecule has 1 N–H and O–H groups in total. The quantitative estimate of drug-likeness (QED) is 0.829. The molecule has 1 aliphatic heterocycles. The molecule has 1 nitrogen and oxygen atoms in total. The smallest absolute Gasteiger partial charge is 0.131 e. The van der Waals surface area contributed by atoms with Crippen molar-refractivity contribution >= 4 is 5.69 Å². The summed E-state index contributed by atoms with van der Waals surface area (Å²) in [5.74, 6) is -0.551. The minimum Gasteiger partial charge on any atom is -0.378 e. The van der Waals surface area contributed by atoms with Crippen molar-refractivity contribution in [2.75, 3.05) is 5.32 Å². The van der Waals surface area contributed by atoms with Gasteiger partial charge in [-0.1, -0.05) is 32.0 Å². The topological polar surface area (TPSA) is 12.0 Å². The number of rotatable bonds is 2. The molecule has 2 aromatic rings. The van der Waals surface area contributed by atoms with Crippen molar-refractivity contribution < 1.29 is 8.78 Å². The third-order valence-corrected chi connectivity index (χ3v) is 3.89. The highest BCUT2D eigenvalue weighted by Crippen LogP contribution is 2.36. The van der Waals surface area contributed by atoms with Crippen LogP contribution in [0.2, 0.25) is 0 Å². The number of hydrogen-bond acceptors (Lipinski definition) is 1. The average molecular weight is 273 g/mol. The summed E-state index contributed by atoms with van der Waals surface area (Å²) in [5, 5.41) is 3.31. The monoisotopic (exact) mass is 273 g/mol. The van der Waals surface area contributed by atoms with Gasteiger partial charge in [-0.05, 0) is 35.6 Å². The molecule has 0 saturated carbocycles. The van der Waals surface area contributed by atoms with Gasteiger partial charge >= 0.3 is 0 Å². The number of fused-ring (bicyclic) bond motifs is 1. The van der Waals surface area contributed by atoms with Gasteiger partial charge < -0.3 is 5.32 Å². The van der Waals surface area contributed by atoms with Crippen LogP contribution >= 0.6 is 0 Å². The molecule has 0 fully saturated rings. The first kappa shape index (κ1) is 13.1. The van der Waals surface area contributed by atoms with Gasteiger partial charge in [0.1, 0.15) is 11.6 Å². The second kappa shape index (κ2) is 4.89. The highest BCUT2D eigenvalue weighted by molar-refractivity contribution is 5.59. The van der Waals surface area contributed by atoms with E-state index in [-0.39, 0.29) is 6.04 Å². The lowest BCUT2D eigenvalue weighted by Gasteiger charge is -2.12. The van der Waals surface area contributed by atoms with Crippen molar-refractivity contribution in [1.29, 1.82) is 0 Å². The molecule has 0 bridgehead atoms. The van der Waals surface area contributed by atoms with Crippen LogP contribution in [0.15, 0.2) is 36.4 Å². The Hall–Kier alpha value is -1.90. The lowest BCUT2D eigenvalue weighted by molar-refractivity contribution is 0.563. The zero-order chi connectivity index (χ0) is 14.3. The van der Waals surface area contributed by atoms with Crippen molar-refractivity contribution in [2.24, 2.45) is 0 Å². The molecule has 1 heterocycles. The molecule has 0 spiro atoms. The number of anilines is 1. The summed E-state index contributed by atoms with van der Waals surface area (Å²) < 4.78 is 26.8. The van der Waals surface area contributed by atoms with Crippen LogP contribution in [0.1, 0.15) is 42.5 Å². The standard InChI is InChI=1S/C17H17F2N/c1-10(2)11-3-6-16-12(7-11)8-17(20-16)14-5-4-13(18)9-15(14)19/h3-7,9-10,17,20H,8H2,1-2H3. The first-order valence-electron chi connectivity index (χ1n) is 6.89. The van der Waals surface area contributed by atoms with E-state index >= 15 is 0 Å². The Morgan fingerprint density at radius 1 is 1.10 bits per heavy atom. The Labute approximate surface area is 117 Å². The van der Waals surface area contributed by atoms with Crippen LogP contribution < -0.4 is 5.32 Å². The van der Waals surface area contributed by atoms with Crippen LogP contribution in [0.25, 0.3) is 0 Å². The zero-order valence-corrected chi connectivity index (χ0v) is 11.6. The molecule has 0 aliphatic carbocycles. The van der Waals surface area contributed by atoms with Gasteiger partial charge in [0.25, 0.3) is 0 Å². The average Bonchev–Trinajstić information content (AvgIpc) is 2.80. The molecular formula is C17H17F2N. The van der Waals surface area contributed by atoms with Crippen LogP contribution in [0.3, 0.4) is 0 Å². The molecule has 3 heteroatoms. The predicted octanol–water partition coefficient (Wildman–Crippen LogP) is 4.80. The fourth-order valence-electron chi connectivity index (χ4n) is 2.71. The van der Waals surface area contributed by atoms with Gasteiger partial charge in [-0.2, -0.15) is 0 Å². The molecule has 1 atom stereocenters. The molecular weight excluding hydrogens is 256 g/mol. The highest BCUT2D eigenvalue weighted by atomic mass is 19.1. The first-order chi connectivity index (χ1) is 9.54. The lowest BCUT2D eigenvalue weighted by Crippen LogP contribution is -2.08. The number of halogens is 2. The fraction of sp³-hybridized carbons (Fsp3) is 0.294. The third-order valence-electron chi connectivity index (χ3n) is 3.89. The van der Waals surface area contributed by atoms with Crippen LogP contribution in [0.4, 0.5) is 14.5 Å². The third kappa shape index (κ3) is 2.28. The summed E-state index contributed by atoms with van der Waals surface area (Å²) in [6.45, 7) is 4.31. The normalized spacial score (nSPS) is 17.1. The maximum Gasteiger partial charge on any atom is 0.131 e. The Kier molecular flexibility index (Phi) is 3.20. The van der Waals surface area contributed by atoms with Crippen LogP contribution in [0, 0.1) is 11.6 Å². The molecule has 0 aromatic heterocycles. The number of benzene rings is 2. The van der Waals surface area contributed by atoms with E-state index in [1.54, 1.807) is 0 Å². The molecule has 1 unspecified atom stereocenters. The molecule has 1 aliphatic rings. The van der Waals surface area contributed by atoms with E-state index in [1.165, 1.54) is 23.3 Å². The van der Waals surface area contributed by atoms with E-state index < -0.39 is 11.6 Å². The van der Waals surface area contributed by atoms with Gasteiger partial charge in [0.15, 0.2) is 0 Å². The molecule has 104 valence electrons. The molecule has 0 saturated heterocycles. The van der Waals surface area contributed by atoms with Crippen LogP contribution in [-0.2, 0) is 6.42 Å². The van der Waals surface area contributed by atoms with E-state index in [1.807, 2.05) is 6.07 Å². The van der Waals surface area contributed by atoms with Gasteiger partial charge in [-0.3, -0.25) is 0 Å². The summed E-state index contributed by atoms with van der Waals surface area (Å²) in [6.07, 6.45) is 0.735. The summed E-state index contributed by atoms with van der Waals surface area (Å²) in [7, 11) is 0. The van der Waals surface area contributed by atoms with Gasteiger partial charge in [0, 0.05) is 17.3 Å². The van der Waals surface area contributed by atoms with Crippen molar-refractivity contribution in [3.05, 3.63) is 64.7 Å². The summed E-state index contributed by atoms with van der Waals surface area (Å²) in [6, 6.07) is 9.98. The first-order valence-corrected chi connectivity index (χ1v) is 6.89. The molecule has 0 radical (unpaired) electrons. The molecule has 20 heavy (non-hydrogen) atoms. The molecule has 0 amide bonds. The molecule has 3 rings (SSSR count). The van der Waals surface area contributed by atoms with Crippen LogP contribution in [-0.4, -0.2) is 0 Å². The van der Waals surface area contributed by atoms with E-state index in [0.717, 1.165) is 18.2 Å². The summed E-state index contributed by atoms with van der Waals surface area (Å²) >= 11 is 0. The van der Waals surface area contributed by atoms with Crippen LogP contribution in [0.5, 0.6) is 0 Å². The Bertz CT molecular complexity index is 649. The second-order valence-corrected chi connectivity index (χ2v) is 5.64. The van der Waals surface area contributed by atoms with Gasteiger partial charge in [0.05, 0.1) is 6.04 Å². The maximum absolute atomic E-state index is 13.9.